The summed E-state index contributed by atoms with van der Waals surface area (Å²) in [4.78, 5) is 11.3. The fourth-order valence-electron chi connectivity index (χ4n) is 1.03. The number of amides is 1. The molecule has 0 aromatic heterocycles. The van der Waals surface area contributed by atoms with Crippen molar-refractivity contribution in [2.45, 2.75) is 20.3 Å². The zero-order chi connectivity index (χ0) is 9.14. The van der Waals surface area contributed by atoms with Crippen LogP contribution in [0.4, 0.5) is 0 Å². The standard InChI is InChI=1S/C7H11N3OS/c1-3-5-4(2)9-10-7(12)8-6(5)11/h9H,3H2,1-2H3,(H2,8,10,11,12). The van der Waals surface area contributed by atoms with E-state index in [9.17, 15) is 4.79 Å². The molecule has 0 atom stereocenters. The van der Waals surface area contributed by atoms with Crippen molar-refractivity contribution in [2.75, 3.05) is 0 Å². The highest BCUT2D eigenvalue weighted by atomic mass is 32.1. The first-order valence-electron chi connectivity index (χ1n) is 3.72. The van der Waals surface area contributed by atoms with Gasteiger partial charge in [0.25, 0.3) is 5.91 Å². The van der Waals surface area contributed by atoms with E-state index in [-0.39, 0.29) is 5.91 Å². The number of thiocarbonyl (C=S) groups is 1. The highest BCUT2D eigenvalue weighted by molar-refractivity contribution is 7.80. The van der Waals surface area contributed by atoms with Crippen molar-refractivity contribution in [1.29, 1.82) is 0 Å². The molecular weight excluding hydrogens is 174 g/mol. The minimum Gasteiger partial charge on any atom is -0.303 e. The minimum absolute atomic E-state index is 0.127. The number of hydrogen-bond acceptors (Lipinski definition) is 3. The van der Waals surface area contributed by atoms with Gasteiger partial charge in [0.05, 0.1) is 0 Å². The summed E-state index contributed by atoms with van der Waals surface area (Å²) in [6.07, 6.45) is 0.689. The smallest absolute Gasteiger partial charge is 0.255 e. The number of allylic oxidation sites excluding steroid dienone is 1. The van der Waals surface area contributed by atoms with Gasteiger partial charge < -0.3 is 5.43 Å². The van der Waals surface area contributed by atoms with E-state index in [4.69, 9.17) is 12.2 Å². The normalized spacial score (nSPS) is 17.8. The highest BCUT2D eigenvalue weighted by Crippen LogP contribution is 2.06. The van der Waals surface area contributed by atoms with Crippen molar-refractivity contribution in [2.24, 2.45) is 0 Å². The second kappa shape index (κ2) is 3.53. The number of rotatable bonds is 1. The maximum Gasteiger partial charge on any atom is 0.255 e. The Balaban J connectivity index is 2.90. The Morgan fingerprint density at radius 2 is 2.08 bits per heavy atom. The monoisotopic (exact) mass is 185 g/mol. The van der Waals surface area contributed by atoms with E-state index in [2.05, 4.69) is 16.2 Å². The first-order chi connectivity index (χ1) is 5.65. The molecule has 0 aromatic carbocycles. The topological polar surface area (TPSA) is 53.2 Å². The quantitative estimate of drug-likeness (QED) is 0.510. The van der Waals surface area contributed by atoms with E-state index in [1.807, 2.05) is 13.8 Å². The van der Waals surface area contributed by atoms with Crippen LogP contribution < -0.4 is 16.2 Å². The van der Waals surface area contributed by atoms with E-state index in [1.165, 1.54) is 0 Å². The molecule has 0 bridgehead atoms. The van der Waals surface area contributed by atoms with Crippen LogP contribution in [0.15, 0.2) is 11.3 Å². The Morgan fingerprint density at radius 3 is 2.67 bits per heavy atom. The predicted molar refractivity (Wildman–Crippen MR) is 50.0 cm³/mol. The molecule has 66 valence electrons. The molecule has 3 N–H and O–H groups in total. The zero-order valence-electron chi connectivity index (χ0n) is 7.02. The molecule has 0 saturated heterocycles. The molecule has 1 heterocycles. The lowest BCUT2D eigenvalue weighted by Gasteiger charge is -2.05. The number of carbonyl (C=O) groups is 1. The highest BCUT2D eigenvalue weighted by Gasteiger charge is 2.15. The maximum atomic E-state index is 11.3. The van der Waals surface area contributed by atoms with E-state index < -0.39 is 0 Å². The second-order valence-electron chi connectivity index (χ2n) is 2.49. The van der Waals surface area contributed by atoms with E-state index in [1.54, 1.807) is 0 Å². The molecular formula is C7H11N3OS. The van der Waals surface area contributed by atoms with Crippen LogP contribution in [0.3, 0.4) is 0 Å². The summed E-state index contributed by atoms with van der Waals surface area (Å²) in [5.41, 5.74) is 7.05. The van der Waals surface area contributed by atoms with Gasteiger partial charge in [-0.1, -0.05) is 6.92 Å². The van der Waals surface area contributed by atoms with Crippen LogP contribution >= 0.6 is 12.2 Å². The Morgan fingerprint density at radius 1 is 1.42 bits per heavy atom. The molecule has 1 aliphatic rings. The molecule has 0 aromatic rings. The van der Waals surface area contributed by atoms with Crippen molar-refractivity contribution in [3.05, 3.63) is 11.3 Å². The number of carbonyl (C=O) groups excluding carboxylic acids is 1. The SMILES string of the molecule is CCC1=C(C)NNC(=S)NC1=O. The summed E-state index contributed by atoms with van der Waals surface area (Å²) < 4.78 is 0. The Labute approximate surface area is 76.4 Å². The molecule has 4 nitrogen and oxygen atoms in total. The van der Waals surface area contributed by atoms with Crippen molar-refractivity contribution in [3.8, 4) is 0 Å². The lowest BCUT2D eigenvalue weighted by Crippen LogP contribution is -2.41. The van der Waals surface area contributed by atoms with Crippen LogP contribution in [0.2, 0.25) is 0 Å². The van der Waals surface area contributed by atoms with Crippen molar-refractivity contribution < 1.29 is 4.79 Å². The van der Waals surface area contributed by atoms with Gasteiger partial charge in [0.2, 0.25) is 0 Å². The Kier molecular flexibility index (Phi) is 2.65. The first-order valence-corrected chi connectivity index (χ1v) is 4.13. The summed E-state index contributed by atoms with van der Waals surface area (Å²) in [6.45, 7) is 3.76. The third-order valence-electron chi connectivity index (χ3n) is 1.67. The fourth-order valence-corrected chi connectivity index (χ4v) is 1.18. The van der Waals surface area contributed by atoms with Crippen molar-refractivity contribution >= 4 is 23.2 Å². The van der Waals surface area contributed by atoms with Gasteiger partial charge in [0.1, 0.15) is 0 Å². The molecule has 1 rings (SSSR count). The van der Waals surface area contributed by atoms with Crippen LogP contribution in [0.25, 0.3) is 0 Å². The first kappa shape index (κ1) is 8.99. The number of nitrogens with one attached hydrogen (secondary N) is 3. The van der Waals surface area contributed by atoms with Gasteiger partial charge in [0.15, 0.2) is 5.11 Å². The van der Waals surface area contributed by atoms with E-state index in [0.29, 0.717) is 11.5 Å². The van der Waals surface area contributed by atoms with Gasteiger partial charge in [-0.25, -0.2) is 0 Å². The molecule has 1 aliphatic heterocycles. The Bertz CT molecular complexity index is 259. The van der Waals surface area contributed by atoms with Gasteiger partial charge in [-0.2, -0.15) is 0 Å². The van der Waals surface area contributed by atoms with Gasteiger partial charge >= 0.3 is 0 Å². The minimum atomic E-state index is -0.127. The molecule has 1 amide bonds. The number of hydrazine groups is 1. The Hall–Kier alpha value is -1.10. The molecule has 0 aliphatic carbocycles. The summed E-state index contributed by atoms with van der Waals surface area (Å²) in [5, 5.41) is 2.84. The maximum absolute atomic E-state index is 11.3. The largest absolute Gasteiger partial charge is 0.303 e. The summed E-state index contributed by atoms with van der Waals surface area (Å²) in [6, 6.07) is 0. The summed E-state index contributed by atoms with van der Waals surface area (Å²) >= 11 is 4.79. The average Bonchev–Trinajstić information content (AvgIpc) is 2.12. The van der Waals surface area contributed by atoms with Crippen LogP contribution in [0.1, 0.15) is 20.3 Å². The van der Waals surface area contributed by atoms with Gasteiger partial charge in [0, 0.05) is 11.3 Å². The van der Waals surface area contributed by atoms with E-state index in [0.717, 1.165) is 11.3 Å². The third-order valence-corrected chi connectivity index (χ3v) is 1.88. The molecule has 0 fully saturated rings. The molecule has 5 heteroatoms. The van der Waals surface area contributed by atoms with Crippen molar-refractivity contribution in [1.82, 2.24) is 16.2 Å². The number of hydrogen-bond donors (Lipinski definition) is 3. The third kappa shape index (κ3) is 1.73. The van der Waals surface area contributed by atoms with Crippen LogP contribution in [0, 0.1) is 0 Å². The molecule has 12 heavy (non-hydrogen) atoms. The second-order valence-corrected chi connectivity index (χ2v) is 2.90. The van der Waals surface area contributed by atoms with Crippen LogP contribution in [0.5, 0.6) is 0 Å². The summed E-state index contributed by atoms with van der Waals surface area (Å²) in [5.74, 6) is -0.127. The van der Waals surface area contributed by atoms with Gasteiger partial charge in [-0.05, 0) is 25.6 Å². The van der Waals surface area contributed by atoms with Crippen LogP contribution in [-0.2, 0) is 4.79 Å². The van der Waals surface area contributed by atoms with Crippen LogP contribution in [-0.4, -0.2) is 11.0 Å². The zero-order valence-corrected chi connectivity index (χ0v) is 7.84. The lowest BCUT2D eigenvalue weighted by molar-refractivity contribution is -0.116. The van der Waals surface area contributed by atoms with Gasteiger partial charge in [-0.3, -0.25) is 15.5 Å². The molecule has 0 spiro atoms. The molecule has 0 radical (unpaired) electrons. The van der Waals surface area contributed by atoms with Crippen molar-refractivity contribution in [3.63, 3.8) is 0 Å². The van der Waals surface area contributed by atoms with E-state index >= 15 is 0 Å². The fraction of sp³-hybridized carbons (Fsp3) is 0.429. The summed E-state index contributed by atoms with van der Waals surface area (Å²) in [7, 11) is 0. The average molecular weight is 185 g/mol. The van der Waals surface area contributed by atoms with Gasteiger partial charge in [-0.15, -0.1) is 0 Å². The lowest BCUT2D eigenvalue weighted by atomic mass is 10.1. The molecule has 0 unspecified atom stereocenters. The molecule has 0 saturated carbocycles. The predicted octanol–water partition coefficient (Wildman–Crippen LogP) is 0.179.